The summed E-state index contributed by atoms with van der Waals surface area (Å²) in [4.78, 5) is 23.1. The minimum Gasteiger partial charge on any atom is -0.325 e. The third-order valence-electron chi connectivity index (χ3n) is 6.22. The molecule has 4 aromatic carbocycles. The number of carbonyl (C=O) groups is 1. The van der Waals surface area contributed by atoms with E-state index < -0.39 is 4.92 Å². The van der Waals surface area contributed by atoms with Crippen molar-refractivity contribution >= 4 is 39.8 Å². The molecule has 1 N–H and O–H groups in total. The van der Waals surface area contributed by atoms with Crippen molar-refractivity contribution in [2.24, 2.45) is 0 Å². The summed E-state index contributed by atoms with van der Waals surface area (Å²) in [5, 5.41) is 25.6. The van der Waals surface area contributed by atoms with E-state index in [1.165, 1.54) is 46.8 Å². The smallest absolute Gasteiger partial charge is 0.269 e. The first-order valence-corrected chi connectivity index (χ1v) is 13.0. The second-order valence-corrected chi connectivity index (χ2v) is 9.92. The molecule has 0 radical (unpaired) electrons. The number of carbonyl (C=O) groups excluding carboxylic acids is 1. The number of aryl methyl sites for hydroxylation is 2. The number of fused-ring (bicyclic) bond motifs is 1. The van der Waals surface area contributed by atoms with Gasteiger partial charge in [-0.05, 0) is 53.9 Å². The molecular weight excluding hydrogens is 498 g/mol. The zero-order valence-electron chi connectivity index (χ0n) is 20.9. The zero-order chi connectivity index (χ0) is 26.6. The van der Waals surface area contributed by atoms with Gasteiger partial charge in [-0.25, -0.2) is 0 Å². The molecule has 0 fully saturated rings. The largest absolute Gasteiger partial charge is 0.325 e. The Balaban J connectivity index is 1.42. The van der Waals surface area contributed by atoms with Gasteiger partial charge >= 0.3 is 0 Å². The number of benzene rings is 4. The first-order chi connectivity index (χ1) is 18.4. The van der Waals surface area contributed by atoms with E-state index in [1.54, 1.807) is 0 Å². The first-order valence-electron chi connectivity index (χ1n) is 12.0. The highest BCUT2D eigenvalue weighted by molar-refractivity contribution is 7.99. The molecule has 0 saturated carbocycles. The minimum atomic E-state index is -0.475. The number of hydrogen-bond acceptors (Lipinski definition) is 6. The number of nitro benzene ring substituents is 1. The SMILES string of the molecule is Cc1ccc(-n2c(Cc3cccc4ccccc34)nnc2SCC(=O)Nc2ccc([N+](=O)[O-])cc2)c(C)c1. The molecule has 1 aromatic heterocycles. The number of rotatable bonds is 8. The summed E-state index contributed by atoms with van der Waals surface area (Å²) in [6, 6.07) is 26.5. The van der Waals surface area contributed by atoms with Crippen molar-refractivity contribution in [3.05, 3.63) is 118 Å². The molecule has 5 aromatic rings. The molecule has 1 amide bonds. The van der Waals surface area contributed by atoms with Crippen LogP contribution in [0.5, 0.6) is 0 Å². The molecule has 0 spiro atoms. The fourth-order valence-corrected chi connectivity index (χ4v) is 5.18. The van der Waals surface area contributed by atoms with Crippen molar-refractivity contribution in [2.75, 3.05) is 11.1 Å². The number of aromatic nitrogens is 3. The van der Waals surface area contributed by atoms with Crippen LogP contribution < -0.4 is 5.32 Å². The molecule has 0 unspecified atom stereocenters. The Kier molecular flexibility index (Phi) is 7.19. The number of non-ortho nitro benzene ring substituents is 1. The summed E-state index contributed by atoms with van der Waals surface area (Å²) < 4.78 is 2.03. The van der Waals surface area contributed by atoms with E-state index in [0.717, 1.165) is 28.2 Å². The minimum absolute atomic E-state index is 0.0299. The lowest BCUT2D eigenvalue weighted by Crippen LogP contribution is -2.15. The van der Waals surface area contributed by atoms with Gasteiger partial charge in [0.1, 0.15) is 5.82 Å². The van der Waals surface area contributed by atoms with E-state index in [1.807, 2.05) is 22.8 Å². The maximum atomic E-state index is 12.7. The highest BCUT2D eigenvalue weighted by atomic mass is 32.2. The van der Waals surface area contributed by atoms with Crippen LogP contribution in [0.1, 0.15) is 22.5 Å². The van der Waals surface area contributed by atoms with Gasteiger partial charge in [0.2, 0.25) is 5.91 Å². The van der Waals surface area contributed by atoms with Crippen LogP contribution in [0.4, 0.5) is 11.4 Å². The third-order valence-corrected chi connectivity index (χ3v) is 7.15. The van der Waals surface area contributed by atoms with E-state index >= 15 is 0 Å². The van der Waals surface area contributed by atoms with E-state index in [4.69, 9.17) is 0 Å². The highest BCUT2D eigenvalue weighted by Gasteiger charge is 2.19. The predicted octanol–water partition coefficient (Wildman–Crippen LogP) is 6.27. The first kappa shape index (κ1) is 25.2. The molecule has 0 aliphatic carbocycles. The lowest BCUT2D eigenvalue weighted by molar-refractivity contribution is -0.384. The van der Waals surface area contributed by atoms with Gasteiger partial charge in [-0.15, -0.1) is 10.2 Å². The second-order valence-electron chi connectivity index (χ2n) is 8.98. The maximum Gasteiger partial charge on any atom is 0.269 e. The number of nitro groups is 1. The highest BCUT2D eigenvalue weighted by Crippen LogP contribution is 2.28. The van der Waals surface area contributed by atoms with Gasteiger partial charge in [0.05, 0.1) is 16.4 Å². The number of thioether (sulfide) groups is 1. The molecule has 9 heteroatoms. The summed E-state index contributed by atoms with van der Waals surface area (Å²) in [7, 11) is 0. The topological polar surface area (TPSA) is 103 Å². The van der Waals surface area contributed by atoms with Crippen molar-refractivity contribution in [1.82, 2.24) is 14.8 Å². The average molecular weight is 524 g/mol. The molecular formula is C29H25N5O3S. The van der Waals surface area contributed by atoms with E-state index in [-0.39, 0.29) is 17.3 Å². The molecule has 0 bridgehead atoms. The molecule has 0 saturated heterocycles. The van der Waals surface area contributed by atoms with Crippen LogP contribution in [0.3, 0.4) is 0 Å². The lowest BCUT2D eigenvalue weighted by Gasteiger charge is -2.14. The van der Waals surface area contributed by atoms with Gasteiger partial charge in [-0.3, -0.25) is 19.5 Å². The lowest BCUT2D eigenvalue weighted by atomic mass is 10.0. The standard InChI is InChI=1S/C29H25N5O3S/c1-19-10-15-26(20(2)16-19)33-27(17-22-8-5-7-21-6-3-4-9-25(21)22)31-32-29(33)38-18-28(35)30-23-11-13-24(14-12-23)34(36)37/h3-16H,17-18H2,1-2H3,(H,30,35). The van der Waals surface area contributed by atoms with Crippen LogP contribution in [0.15, 0.2) is 90.1 Å². The maximum absolute atomic E-state index is 12.7. The fraction of sp³-hybridized carbons (Fsp3) is 0.138. The van der Waals surface area contributed by atoms with Crippen molar-refractivity contribution in [3.8, 4) is 5.69 Å². The van der Waals surface area contributed by atoms with Gasteiger partial charge in [0, 0.05) is 24.2 Å². The van der Waals surface area contributed by atoms with E-state index in [2.05, 4.69) is 71.8 Å². The fourth-order valence-electron chi connectivity index (χ4n) is 4.42. The van der Waals surface area contributed by atoms with Crippen molar-refractivity contribution < 1.29 is 9.72 Å². The third kappa shape index (κ3) is 5.42. The second kappa shape index (κ2) is 10.9. The number of nitrogens with one attached hydrogen (secondary N) is 1. The van der Waals surface area contributed by atoms with Gasteiger partial charge < -0.3 is 5.32 Å². The Morgan fingerprint density at radius 2 is 1.74 bits per heavy atom. The monoisotopic (exact) mass is 523 g/mol. The predicted molar refractivity (Wildman–Crippen MR) is 150 cm³/mol. The molecule has 8 nitrogen and oxygen atoms in total. The number of hydrogen-bond donors (Lipinski definition) is 1. The molecule has 0 aliphatic rings. The van der Waals surface area contributed by atoms with Crippen LogP contribution in [0.25, 0.3) is 16.5 Å². The Bertz CT molecular complexity index is 1640. The number of anilines is 1. The Labute approximate surface area is 223 Å². The van der Waals surface area contributed by atoms with Crippen LogP contribution in [0.2, 0.25) is 0 Å². The quantitative estimate of drug-likeness (QED) is 0.146. The van der Waals surface area contributed by atoms with Gasteiger partial charge in [-0.2, -0.15) is 0 Å². The van der Waals surface area contributed by atoms with Crippen LogP contribution >= 0.6 is 11.8 Å². The average Bonchev–Trinajstić information content (AvgIpc) is 3.30. The molecule has 5 rings (SSSR count). The zero-order valence-corrected chi connectivity index (χ0v) is 21.7. The normalized spacial score (nSPS) is 11.0. The Morgan fingerprint density at radius 3 is 2.50 bits per heavy atom. The summed E-state index contributed by atoms with van der Waals surface area (Å²) in [5.74, 6) is 0.648. The summed E-state index contributed by atoms with van der Waals surface area (Å²) >= 11 is 1.29. The van der Waals surface area contributed by atoms with Gasteiger partial charge in [-0.1, -0.05) is 71.9 Å². The van der Waals surface area contributed by atoms with E-state index in [0.29, 0.717) is 17.3 Å². The molecule has 0 atom stereocenters. The van der Waals surface area contributed by atoms with Crippen LogP contribution in [-0.4, -0.2) is 31.3 Å². The van der Waals surface area contributed by atoms with Crippen molar-refractivity contribution in [1.29, 1.82) is 0 Å². The van der Waals surface area contributed by atoms with Crippen molar-refractivity contribution in [2.45, 2.75) is 25.4 Å². The molecule has 38 heavy (non-hydrogen) atoms. The summed E-state index contributed by atoms with van der Waals surface area (Å²) in [6.45, 7) is 4.11. The molecule has 0 aliphatic heterocycles. The molecule has 1 heterocycles. The van der Waals surface area contributed by atoms with Crippen molar-refractivity contribution in [3.63, 3.8) is 0 Å². The van der Waals surface area contributed by atoms with Gasteiger partial charge in [0.15, 0.2) is 5.16 Å². The Hall–Kier alpha value is -4.50. The van der Waals surface area contributed by atoms with Crippen LogP contribution in [0, 0.1) is 24.0 Å². The van der Waals surface area contributed by atoms with Crippen LogP contribution in [-0.2, 0) is 11.2 Å². The Morgan fingerprint density at radius 1 is 0.974 bits per heavy atom. The van der Waals surface area contributed by atoms with Gasteiger partial charge in [0.25, 0.3) is 5.69 Å². The number of nitrogens with zero attached hydrogens (tertiary/aromatic N) is 4. The summed E-state index contributed by atoms with van der Waals surface area (Å²) in [6.07, 6.45) is 0.581. The number of amides is 1. The molecule has 190 valence electrons. The van der Waals surface area contributed by atoms with E-state index in [9.17, 15) is 14.9 Å². The summed E-state index contributed by atoms with van der Waals surface area (Å²) in [5.41, 5.74) is 4.82.